The van der Waals surface area contributed by atoms with Crippen molar-refractivity contribution in [3.63, 3.8) is 0 Å². The van der Waals surface area contributed by atoms with Crippen molar-refractivity contribution in [1.82, 2.24) is 20.0 Å². The number of hydrogen-bond acceptors (Lipinski definition) is 4. The largest absolute Gasteiger partial charge is 0.396 e. The fourth-order valence-corrected chi connectivity index (χ4v) is 4.17. The number of rotatable bonds is 5. The summed E-state index contributed by atoms with van der Waals surface area (Å²) in [4.78, 5) is 16.8. The lowest BCUT2D eigenvalue weighted by Gasteiger charge is -2.47. The van der Waals surface area contributed by atoms with E-state index in [0.29, 0.717) is 31.3 Å². The smallest absolute Gasteiger partial charge is 0.222 e. The van der Waals surface area contributed by atoms with Crippen LogP contribution in [0.25, 0.3) is 0 Å². The molecule has 1 aromatic heterocycles. The van der Waals surface area contributed by atoms with Crippen molar-refractivity contribution in [1.29, 1.82) is 0 Å². The Morgan fingerprint density at radius 2 is 2.16 bits per heavy atom. The molecular weight excluding hydrogens is 316 g/mol. The molecule has 0 radical (unpaired) electrons. The first-order valence-electron chi connectivity index (χ1n) is 9.56. The standard InChI is InChI=1S/C19H32N4O2/c1-19(2,3)17-11-15(20-21-17)13-22-9-7-16-14(12-22)5-6-18(25)23(16)8-4-10-24/h11,14,16,24H,4-10,12-13H2,1-3H3,(H,20,21)/t14-,16+/m0/s1. The van der Waals surface area contributed by atoms with E-state index in [0.717, 1.165) is 38.2 Å². The molecule has 0 bridgehead atoms. The van der Waals surface area contributed by atoms with Gasteiger partial charge in [0.25, 0.3) is 0 Å². The summed E-state index contributed by atoms with van der Waals surface area (Å²) >= 11 is 0. The summed E-state index contributed by atoms with van der Waals surface area (Å²) in [5.74, 6) is 0.821. The van der Waals surface area contributed by atoms with Crippen molar-refractivity contribution < 1.29 is 9.90 Å². The summed E-state index contributed by atoms with van der Waals surface area (Å²) in [5, 5.41) is 16.7. The molecule has 6 nitrogen and oxygen atoms in total. The van der Waals surface area contributed by atoms with Crippen LogP contribution >= 0.6 is 0 Å². The fraction of sp³-hybridized carbons (Fsp3) is 0.789. The van der Waals surface area contributed by atoms with Crippen LogP contribution in [0.5, 0.6) is 0 Å². The van der Waals surface area contributed by atoms with Crippen LogP contribution in [-0.4, -0.2) is 63.3 Å². The minimum absolute atomic E-state index is 0.0681. The van der Waals surface area contributed by atoms with Crippen LogP contribution in [0.15, 0.2) is 6.07 Å². The molecule has 2 atom stereocenters. The third-order valence-electron chi connectivity index (χ3n) is 5.58. The van der Waals surface area contributed by atoms with Gasteiger partial charge in [-0.2, -0.15) is 5.10 Å². The summed E-state index contributed by atoms with van der Waals surface area (Å²) in [7, 11) is 0. The van der Waals surface area contributed by atoms with E-state index in [1.54, 1.807) is 0 Å². The lowest BCUT2D eigenvalue weighted by molar-refractivity contribution is -0.141. The lowest BCUT2D eigenvalue weighted by atomic mass is 9.83. The van der Waals surface area contributed by atoms with Gasteiger partial charge in [0.15, 0.2) is 0 Å². The molecule has 2 aliphatic rings. The van der Waals surface area contributed by atoms with Crippen molar-refractivity contribution in [2.45, 2.75) is 64.5 Å². The third-order valence-corrected chi connectivity index (χ3v) is 5.58. The molecule has 3 rings (SSSR count). The number of aromatic amines is 1. The van der Waals surface area contributed by atoms with E-state index in [9.17, 15) is 4.79 Å². The number of nitrogens with one attached hydrogen (secondary N) is 1. The van der Waals surface area contributed by atoms with Crippen molar-refractivity contribution in [2.24, 2.45) is 5.92 Å². The molecule has 25 heavy (non-hydrogen) atoms. The first kappa shape index (κ1) is 18.4. The Kier molecular flexibility index (Phi) is 5.49. The van der Waals surface area contributed by atoms with Crippen molar-refractivity contribution in [2.75, 3.05) is 26.2 Å². The highest BCUT2D eigenvalue weighted by atomic mass is 16.3. The Bertz CT molecular complexity index is 592. The van der Waals surface area contributed by atoms with Crippen LogP contribution < -0.4 is 0 Å². The summed E-state index contributed by atoms with van der Waals surface area (Å²) in [6, 6.07) is 2.54. The number of nitrogens with zero attached hydrogens (tertiary/aromatic N) is 3. The predicted octanol–water partition coefficient (Wildman–Crippen LogP) is 1.90. The molecule has 1 aromatic rings. The molecular formula is C19H32N4O2. The first-order chi connectivity index (χ1) is 11.9. The van der Waals surface area contributed by atoms with Crippen molar-refractivity contribution in [3.05, 3.63) is 17.5 Å². The highest BCUT2D eigenvalue weighted by molar-refractivity contribution is 5.77. The normalized spacial score (nSPS) is 25.3. The zero-order valence-corrected chi connectivity index (χ0v) is 15.8. The number of likely N-dealkylation sites (tertiary alicyclic amines) is 2. The maximum absolute atomic E-state index is 12.2. The number of hydrogen-bond donors (Lipinski definition) is 2. The highest BCUT2D eigenvalue weighted by Gasteiger charge is 2.38. The zero-order valence-electron chi connectivity index (χ0n) is 15.8. The summed E-state index contributed by atoms with van der Waals surface area (Å²) in [6.07, 6.45) is 3.36. The second-order valence-corrected chi connectivity index (χ2v) is 8.58. The molecule has 0 saturated carbocycles. The molecule has 6 heteroatoms. The number of aliphatic hydroxyl groups is 1. The van der Waals surface area contributed by atoms with Gasteiger partial charge in [-0.25, -0.2) is 0 Å². The Hall–Kier alpha value is -1.40. The molecule has 140 valence electrons. The van der Waals surface area contributed by atoms with E-state index in [1.807, 2.05) is 4.90 Å². The van der Waals surface area contributed by atoms with Gasteiger partial charge in [0.1, 0.15) is 0 Å². The number of carbonyl (C=O) groups is 1. The fourth-order valence-electron chi connectivity index (χ4n) is 4.17. The molecule has 0 aliphatic carbocycles. The molecule has 2 fully saturated rings. The van der Waals surface area contributed by atoms with Gasteiger partial charge in [-0.1, -0.05) is 20.8 Å². The van der Waals surface area contributed by atoms with Gasteiger partial charge < -0.3 is 10.0 Å². The second-order valence-electron chi connectivity index (χ2n) is 8.58. The molecule has 1 amide bonds. The third kappa shape index (κ3) is 4.23. The average Bonchev–Trinajstić information content (AvgIpc) is 3.03. The quantitative estimate of drug-likeness (QED) is 0.852. The first-order valence-corrected chi connectivity index (χ1v) is 9.56. The number of aliphatic hydroxyl groups excluding tert-OH is 1. The maximum Gasteiger partial charge on any atom is 0.222 e. The summed E-state index contributed by atoms with van der Waals surface area (Å²) in [6.45, 7) is 10.3. The van der Waals surface area contributed by atoms with Gasteiger partial charge >= 0.3 is 0 Å². The second kappa shape index (κ2) is 7.46. The van der Waals surface area contributed by atoms with Crippen LogP contribution in [-0.2, 0) is 16.8 Å². The average molecular weight is 348 g/mol. The molecule has 3 heterocycles. The van der Waals surface area contributed by atoms with E-state index < -0.39 is 0 Å². The van der Waals surface area contributed by atoms with Crippen molar-refractivity contribution >= 4 is 5.91 Å². The number of carbonyl (C=O) groups excluding carboxylic acids is 1. The Balaban J connectivity index is 1.60. The summed E-state index contributed by atoms with van der Waals surface area (Å²) in [5.41, 5.74) is 2.35. The summed E-state index contributed by atoms with van der Waals surface area (Å²) < 4.78 is 0. The van der Waals surface area contributed by atoms with Crippen LogP contribution in [0, 0.1) is 5.92 Å². The topological polar surface area (TPSA) is 72.5 Å². The van der Waals surface area contributed by atoms with Crippen LogP contribution in [0.2, 0.25) is 0 Å². The van der Waals surface area contributed by atoms with Gasteiger partial charge in [0, 0.05) is 56.4 Å². The SMILES string of the molecule is CC(C)(C)c1cc(CN2CC[C@@H]3[C@@H](CCC(=O)N3CCCO)C2)[nH]n1. The van der Waals surface area contributed by atoms with E-state index in [-0.39, 0.29) is 17.9 Å². The van der Waals surface area contributed by atoms with Gasteiger partial charge in [0.2, 0.25) is 5.91 Å². The van der Waals surface area contributed by atoms with Gasteiger partial charge in [-0.15, -0.1) is 0 Å². The predicted molar refractivity (Wildman–Crippen MR) is 97.1 cm³/mol. The number of aromatic nitrogens is 2. The number of piperidine rings is 2. The Morgan fingerprint density at radius 1 is 1.36 bits per heavy atom. The van der Waals surface area contributed by atoms with Gasteiger partial charge in [-0.05, 0) is 31.2 Å². The van der Waals surface area contributed by atoms with E-state index >= 15 is 0 Å². The molecule has 0 spiro atoms. The lowest BCUT2D eigenvalue weighted by Crippen LogP contribution is -2.56. The Morgan fingerprint density at radius 3 is 2.84 bits per heavy atom. The van der Waals surface area contributed by atoms with Crippen LogP contribution in [0.1, 0.15) is 57.8 Å². The molecule has 2 aliphatic heterocycles. The number of amides is 1. The minimum Gasteiger partial charge on any atom is -0.396 e. The van der Waals surface area contributed by atoms with Crippen LogP contribution in [0.4, 0.5) is 0 Å². The van der Waals surface area contributed by atoms with Gasteiger partial charge in [0.05, 0.1) is 5.69 Å². The minimum atomic E-state index is 0.0681. The zero-order chi connectivity index (χ0) is 18.0. The molecule has 0 aromatic carbocycles. The maximum atomic E-state index is 12.2. The molecule has 0 unspecified atom stereocenters. The van der Waals surface area contributed by atoms with Crippen molar-refractivity contribution in [3.8, 4) is 0 Å². The highest BCUT2D eigenvalue weighted by Crippen LogP contribution is 2.32. The number of fused-ring (bicyclic) bond motifs is 1. The van der Waals surface area contributed by atoms with E-state index in [1.165, 1.54) is 5.69 Å². The number of H-pyrrole nitrogens is 1. The van der Waals surface area contributed by atoms with Crippen LogP contribution in [0.3, 0.4) is 0 Å². The Labute approximate surface area is 150 Å². The molecule has 2 saturated heterocycles. The monoisotopic (exact) mass is 348 g/mol. The van der Waals surface area contributed by atoms with E-state index in [4.69, 9.17) is 5.11 Å². The van der Waals surface area contributed by atoms with Gasteiger partial charge in [-0.3, -0.25) is 14.8 Å². The molecule has 2 N–H and O–H groups in total. The van der Waals surface area contributed by atoms with E-state index in [2.05, 4.69) is 41.9 Å².